The summed E-state index contributed by atoms with van der Waals surface area (Å²) in [4.78, 5) is 2.18. The highest BCUT2D eigenvalue weighted by molar-refractivity contribution is 5.16. The van der Waals surface area contributed by atoms with Gasteiger partial charge in [-0.15, -0.1) is 0 Å². The second-order valence-corrected chi connectivity index (χ2v) is 4.49. The van der Waals surface area contributed by atoms with Gasteiger partial charge in [0.1, 0.15) is 5.82 Å². The van der Waals surface area contributed by atoms with Crippen molar-refractivity contribution in [2.24, 2.45) is 0 Å². The zero-order chi connectivity index (χ0) is 12.5. The van der Waals surface area contributed by atoms with Crippen molar-refractivity contribution in [3.05, 3.63) is 35.6 Å². The van der Waals surface area contributed by atoms with Gasteiger partial charge < -0.3 is 10.2 Å². The third-order valence-electron chi connectivity index (χ3n) is 2.86. The van der Waals surface area contributed by atoms with Gasteiger partial charge in [0.2, 0.25) is 0 Å². The van der Waals surface area contributed by atoms with Gasteiger partial charge >= 0.3 is 0 Å². The van der Waals surface area contributed by atoms with Gasteiger partial charge in [0.25, 0.3) is 0 Å². The van der Waals surface area contributed by atoms with Crippen molar-refractivity contribution in [3.8, 4) is 0 Å². The van der Waals surface area contributed by atoms with Crippen LogP contribution in [0.15, 0.2) is 24.3 Å². The fourth-order valence-corrected chi connectivity index (χ4v) is 1.86. The maximum atomic E-state index is 13.4. The summed E-state index contributed by atoms with van der Waals surface area (Å²) < 4.78 is 13.4. The predicted molar refractivity (Wildman–Crippen MR) is 70.5 cm³/mol. The largest absolute Gasteiger partial charge is 0.320 e. The molecular formula is C14H23FN2. The summed E-state index contributed by atoms with van der Waals surface area (Å²) in [5, 5.41) is 3.14. The first kappa shape index (κ1) is 14.1. The molecule has 0 saturated carbocycles. The third kappa shape index (κ3) is 5.80. The fraction of sp³-hybridized carbons (Fsp3) is 0.571. The summed E-state index contributed by atoms with van der Waals surface area (Å²) >= 11 is 0. The number of nitrogens with one attached hydrogen (secondary N) is 1. The molecule has 1 N–H and O–H groups in total. The molecule has 0 heterocycles. The highest BCUT2D eigenvalue weighted by atomic mass is 19.1. The zero-order valence-electron chi connectivity index (χ0n) is 10.9. The first-order chi connectivity index (χ1) is 8.24. The molecule has 96 valence electrons. The Kier molecular flexibility index (Phi) is 6.82. The second-order valence-electron chi connectivity index (χ2n) is 4.49. The Hall–Kier alpha value is -0.930. The Balaban J connectivity index is 2.21. The molecule has 17 heavy (non-hydrogen) atoms. The number of unbranched alkanes of at least 4 members (excludes halogenated alkanes) is 2. The summed E-state index contributed by atoms with van der Waals surface area (Å²) in [5.74, 6) is -0.102. The van der Waals surface area contributed by atoms with Crippen molar-refractivity contribution in [2.75, 3.05) is 27.2 Å². The number of nitrogens with zero attached hydrogens (tertiary/aromatic N) is 1. The molecule has 0 aliphatic rings. The van der Waals surface area contributed by atoms with Crippen LogP contribution in [-0.4, -0.2) is 32.1 Å². The van der Waals surface area contributed by atoms with Crippen LogP contribution < -0.4 is 5.32 Å². The van der Waals surface area contributed by atoms with Gasteiger partial charge in [0.15, 0.2) is 0 Å². The van der Waals surface area contributed by atoms with Crippen molar-refractivity contribution in [1.29, 1.82) is 0 Å². The van der Waals surface area contributed by atoms with Crippen molar-refractivity contribution in [1.82, 2.24) is 10.2 Å². The van der Waals surface area contributed by atoms with Crippen LogP contribution in [0.4, 0.5) is 4.39 Å². The molecular weight excluding hydrogens is 215 g/mol. The lowest BCUT2D eigenvalue weighted by Crippen LogP contribution is -2.20. The number of benzene rings is 1. The zero-order valence-corrected chi connectivity index (χ0v) is 10.9. The van der Waals surface area contributed by atoms with Crippen molar-refractivity contribution in [3.63, 3.8) is 0 Å². The van der Waals surface area contributed by atoms with E-state index in [1.165, 1.54) is 25.3 Å². The van der Waals surface area contributed by atoms with E-state index >= 15 is 0 Å². The van der Waals surface area contributed by atoms with Crippen molar-refractivity contribution < 1.29 is 4.39 Å². The van der Waals surface area contributed by atoms with E-state index in [1.54, 1.807) is 6.07 Å². The molecule has 0 amide bonds. The van der Waals surface area contributed by atoms with Crippen LogP contribution in [0, 0.1) is 5.82 Å². The van der Waals surface area contributed by atoms with E-state index in [4.69, 9.17) is 0 Å². The number of hydrogen-bond acceptors (Lipinski definition) is 2. The van der Waals surface area contributed by atoms with Crippen LogP contribution in [0.5, 0.6) is 0 Å². The van der Waals surface area contributed by atoms with Crippen LogP contribution in [0.2, 0.25) is 0 Å². The predicted octanol–water partition coefficient (Wildman–Crippen LogP) is 2.65. The second kappa shape index (κ2) is 8.20. The average Bonchev–Trinajstić information content (AvgIpc) is 2.32. The molecule has 0 atom stereocenters. The normalized spacial score (nSPS) is 11.1. The van der Waals surface area contributed by atoms with E-state index in [9.17, 15) is 4.39 Å². The highest BCUT2D eigenvalue weighted by Gasteiger charge is 2.04. The summed E-state index contributed by atoms with van der Waals surface area (Å²) in [7, 11) is 4.02. The molecule has 1 rings (SSSR count). The monoisotopic (exact) mass is 238 g/mol. The minimum Gasteiger partial charge on any atom is -0.320 e. The Morgan fingerprint density at radius 3 is 2.65 bits per heavy atom. The lowest BCUT2D eigenvalue weighted by atomic mass is 10.2. The van der Waals surface area contributed by atoms with E-state index in [1.807, 2.05) is 26.2 Å². The van der Waals surface area contributed by atoms with Crippen LogP contribution in [0.25, 0.3) is 0 Å². The Morgan fingerprint density at radius 2 is 1.94 bits per heavy atom. The quantitative estimate of drug-likeness (QED) is 0.700. The molecule has 0 saturated heterocycles. The van der Waals surface area contributed by atoms with Gasteiger partial charge in [0.05, 0.1) is 0 Å². The molecule has 2 nitrogen and oxygen atoms in total. The topological polar surface area (TPSA) is 15.3 Å². The molecule has 1 aromatic carbocycles. The summed E-state index contributed by atoms with van der Waals surface area (Å²) in [6.07, 6.45) is 3.61. The lowest BCUT2D eigenvalue weighted by Gasteiger charge is -2.16. The molecule has 0 radical (unpaired) electrons. The van der Waals surface area contributed by atoms with Gasteiger partial charge in [-0.05, 0) is 46.1 Å². The number of hydrogen-bond donors (Lipinski definition) is 1. The van der Waals surface area contributed by atoms with Crippen LogP contribution in [0.3, 0.4) is 0 Å². The average molecular weight is 238 g/mol. The van der Waals surface area contributed by atoms with Gasteiger partial charge in [-0.2, -0.15) is 0 Å². The summed E-state index contributed by atoms with van der Waals surface area (Å²) in [6, 6.07) is 7.00. The first-order valence-electron chi connectivity index (χ1n) is 6.30. The first-order valence-corrected chi connectivity index (χ1v) is 6.30. The van der Waals surface area contributed by atoms with Crippen molar-refractivity contribution in [2.45, 2.75) is 25.8 Å². The lowest BCUT2D eigenvalue weighted by molar-refractivity contribution is 0.312. The SMILES string of the molecule is CNCCCCCN(C)Cc1ccccc1F. The van der Waals surface area contributed by atoms with E-state index < -0.39 is 0 Å². The maximum Gasteiger partial charge on any atom is 0.127 e. The Bertz CT molecular complexity index is 315. The molecule has 0 unspecified atom stereocenters. The summed E-state index contributed by atoms with van der Waals surface area (Å²) in [5.41, 5.74) is 0.783. The molecule has 0 bridgehead atoms. The smallest absolute Gasteiger partial charge is 0.127 e. The molecule has 0 aliphatic carbocycles. The number of halogens is 1. The molecule has 0 spiro atoms. The Morgan fingerprint density at radius 1 is 1.18 bits per heavy atom. The van der Waals surface area contributed by atoms with Gasteiger partial charge in [-0.25, -0.2) is 4.39 Å². The van der Waals surface area contributed by atoms with Gasteiger partial charge in [-0.3, -0.25) is 0 Å². The minimum absolute atomic E-state index is 0.102. The molecule has 0 aliphatic heterocycles. The highest BCUT2D eigenvalue weighted by Crippen LogP contribution is 2.09. The van der Waals surface area contributed by atoms with Gasteiger partial charge in [0, 0.05) is 12.1 Å². The third-order valence-corrected chi connectivity index (χ3v) is 2.86. The minimum atomic E-state index is -0.102. The van der Waals surface area contributed by atoms with Crippen LogP contribution in [-0.2, 0) is 6.54 Å². The Labute approximate surface area is 104 Å². The molecule has 1 aromatic rings. The van der Waals surface area contributed by atoms with E-state index in [2.05, 4.69) is 10.2 Å². The standard InChI is InChI=1S/C14H23FN2/c1-16-10-6-3-7-11-17(2)12-13-8-4-5-9-14(13)15/h4-5,8-9,16H,3,6-7,10-12H2,1-2H3. The fourth-order valence-electron chi connectivity index (χ4n) is 1.86. The van der Waals surface area contributed by atoms with Gasteiger partial charge in [-0.1, -0.05) is 24.6 Å². The van der Waals surface area contributed by atoms with E-state index in [0.29, 0.717) is 6.54 Å². The van der Waals surface area contributed by atoms with Crippen molar-refractivity contribution >= 4 is 0 Å². The van der Waals surface area contributed by atoms with E-state index in [-0.39, 0.29) is 5.82 Å². The van der Waals surface area contributed by atoms with Crippen LogP contribution in [0.1, 0.15) is 24.8 Å². The molecule has 3 heteroatoms. The maximum absolute atomic E-state index is 13.4. The van der Waals surface area contributed by atoms with E-state index in [0.717, 1.165) is 18.7 Å². The molecule has 0 fully saturated rings. The summed E-state index contributed by atoms with van der Waals surface area (Å²) in [6.45, 7) is 2.80. The molecule has 0 aromatic heterocycles. The van der Waals surface area contributed by atoms with Crippen LogP contribution >= 0.6 is 0 Å². The number of rotatable bonds is 8.